The molecule has 0 aromatic heterocycles. The van der Waals surface area contributed by atoms with E-state index in [1.54, 1.807) is 7.11 Å². The van der Waals surface area contributed by atoms with Gasteiger partial charge in [-0.05, 0) is 29.3 Å². The van der Waals surface area contributed by atoms with Crippen LogP contribution >= 0.6 is 0 Å². The van der Waals surface area contributed by atoms with E-state index in [4.69, 9.17) is 10.5 Å². The molecule has 2 aromatic rings. The van der Waals surface area contributed by atoms with Crippen molar-refractivity contribution >= 4 is 22.4 Å². The van der Waals surface area contributed by atoms with Gasteiger partial charge in [0, 0.05) is 31.8 Å². The van der Waals surface area contributed by atoms with Gasteiger partial charge in [-0.1, -0.05) is 24.3 Å². The van der Waals surface area contributed by atoms with Crippen LogP contribution in [0.1, 0.15) is 16.8 Å². The molecule has 0 spiro atoms. The second-order valence-corrected chi connectivity index (χ2v) is 5.65. The van der Waals surface area contributed by atoms with Gasteiger partial charge in [0.1, 0.15) is 0 Å². The van der Waals surface area contributed by atoms with E-state index in [9.17, 15) is 4.79 Å². The first-order valence-corrected chi connectivity index (χ1v) is 7.25. The molecule has 1 atom stereocenters. The third-order valence-electron chi connectivity index (χ3n) is 4.12. The van der Waals surface area contributed by atoms with E-state index in [-0.39, 0.29) is 5.91 Å². The summed E-state index contributed by atoms with van der Waals surface area (Å²) in [6.45, 7) is 2.23. The third kappa shape index (κ3) is 2.72. The first-order chi connectivity index (χ1) is 10.2. The predicted molar refractivity (Wildman–Crippen MR) is 84.2 cm³/mol. The minimum atomic E-state index is 0.0249. The number of benzene rings is 2. The lowest BCUT2D eigenvalue weighted by molar-refractivity contribution is 0.0776. The zero-order valence-electron chi connectivity index (χ0n) is 12.2. The molecule has 1 amide bonds. The van der Waals surface area contributed by atoms with Crippen molar-refractivity contribution in [3.63, 3.8) is 0 Å². The van der Waals surface area contributed by atoms with Gasteiger partial charge in [0.15, 0.2) is 0 Å². The number of carbonyl (C=O) groups excluding carboxylic acids is 1. The van der Waals surface area contributed by atoms with Crippen LogP contribution in [0.2, 0.25) is 0 Å². The van der Waals surface area contributed by atoms with Crippen LogP contribution in [0.4, 0.5) is 5.69 Å². The number of nitrogens with zero attached hydrogens (tertiary/aromatic N) is 1. The Balaban J connectivity index is 1.86. The van der Waals surface area contributed by atoms with Crippen molar-refractivity contribution < 1.29 is 9.53 Å². The van der Waals surface area contributed by atoms with E-state index < -0.39 is 0 Å². The van der Waals surface area contributed by atoms with E-state index in [1.807, 2.05) is 41.3 Å². The van der Waals surface area contributed by atoms with E-state index >= 15 is 0 Å². The maximum Gasteiger partial charge on any atom is 0.255 e. The Labute approximate surface area is 124 Å². The molecule has 4 nitrogen and oxygen atoms in total. The van der Waals surface area contributed by atoms with Gasteiger partial charge < -0.3 is 15.4 Å². The van der Waals surface area contributed by atoms with Crippen LogP contribution in [0.15, 0.2) is 36.4 Å². The van der Waals surface area contributed by atoms with Crippen molar-refractivity contribution in [2.45, 2.75) is 6.42 Å². The molecule has 2 N–H and O–H groups in total. The van der Waals surface area contributed by atoms with E-state index in [1.165, 1.54) is 0 Å². The van der Waals surface area contributed by atoms with Gasteiger partial charge >= 0.3 is 0 Å². The quantitative estimate of drug-likeness (QED) is 0.881. The molecule has 2 aromatic carbocycles. The van der Waals surface area contributed by atoms with Gasteiger partial charge in [-0.3, -0.25) is 4.79 Å². The Morgan fingerprint density at radius 2 is 2.05 bits per heavy atom. The molecule has 0 saturated carbocycles. The predicted octanol–water partition coefficient (Wildman–Crippen LogP) is 2.53. The Hall–Kier alpha value is -2.07. The van der Waals surface area contributed by atoms with Gasteiger partial charge in [0.25, 0.3) is 5.91 Å². The molecule has 0 aliphatic carbocycles. The zero-order chi connectivity index (χ0) is 14.8. The normalized spacial score (nSPS) is 18.3. The van der Waals surface area contributed by atoms with E-state index in [0.717, 1.165) is 30.3 Å². The number of amides is 1. The number of fused-ring (bicyclic) bond motifs is 1. The molecule has 1 heterocycles. The van der Waals surface area contributed by atoms with Crippen molar-refractivity contribution in [3.8, 4) is 0 Å². The molecular formula is C17H20N2O2. The number of methoxy groups -OCH3 is 1. The summed E-state index contributed by atoms with van der Waals surface area (Å²) in [6.07, 6.45) is 0.993. The average Bonchev–Trinajstić information content (AvgIpc) is 2.95. The van der Waals surface area contributed by atoms with Crippen molar-refractivity contribution in [1.82, 2.24) is 4.90 Å². The number of hydrogen-bond donors (Lipinski definition) is 1. The van der Waals surface area contributed by atoms with Crippen molar-refractivity contribution in [3.05, 3.63) is 42.0 Å². The number of rotatable bonds is 3. The lowest BCUT2D eigenvalue weighted by Gasteiger charge is -2.18. The number of carbonyl (C=O) groups is 1. The lowest BCUT2D eigenvalue weighted by atomic mass is 10.0. The third-order valence-corrected chi connectivity index (χ3v) is 4.12. The fourth-order valence-corrected chi connectivity index (χ4v) is 3.00. The minimum Gasteiger partial charge on any atom is -0.398 e. The maximum absolute atomic E-state index is 12.7. The summed E-state index contributed by atoms with van der Waals surface area (Å²) in [6, 6.07) is 11.7. The number of nitrogen functional groups attached to an aromatic ring is 1. The molecule has 1 fully saturated rings. The summed E-state index contributed by atoms with van der Waals surface area (Å²) in [4.78, 5) is 14.5. The Kier molecular flexibility index (Phi) is 3.80. The monoisotopic (exact) mass is 284 g/mol. The summed E-state index contributed by atoms with van der Waals surface area (Å²) in [5.74, 6) is 0.456. The van der Waals surface area contributed by atoms with Crippen molar-refractivity contribution in [2.75, 3.05) is 32.5 Å². The smallest absolute Gasteiger partial charge is 0.255 e. The zero-order valence-corrected chi connectivity index (χ0v) is 12.2. The second-order valence-electron chi connectivity index (χ2n) is 5.65. The largest absolute Gasteiger partial charge is 0.398 e. The van der Waals surface area contributed by atoms with Gasteiger partial charge in [-0.2, -0.15) is 0 Å². The molecule has 110 valence electrons. The van der Waals surface area contributed by atoms with Crippen LogP contribution in [0.5, 0.6) is 0 Å². The standard InChI is InChI=1S/C17H20N2O2/c1-21-11-12-6-7-19(10-12)17(20)15-8-13-4-2-3-5-14(13)9-16(15)18/h2-5,8-9,12H,6-7,10-11,18H2,1H3. The Bertz CT molecular complexity index is 669. The first-order valence-electron chi connectivity index (χ1n) is 7.25. The molecule has 3 rings (SSSR count). The van der Waals surface area contributed by atoms with Crippen LogP contribution in [-0.2, 0) is 4.74 Å². The number of ether oxygens (including phenoxy) is 1. The van der Waals surface area contributed by atoms with Gasteiger partial charge in [-0.25, -0.2) is 0 Å². The van der Waals surface area contributed by atoms with Gasteiger partial charge in [-0.15, -0.1) is 0 Å². The van der Waals surface area contributed by atoms with E-state index in [2.05, 4.69) is 0 Å². The highest BCUT2D eigenvalue weighted by atomic mass is 16.5. The maximum atomic E-state index is 12.7. The molecule has 0 bridgehead atoms. The summed E-state index contributed by atoms with van der Waals surface area (Å²) in [5.41, 5.74) is 7.23. The van der Waals surface area contributed by atoms with Gasteiger partial charge in [0.2, 0.25) is 0 Å². The highest BCUT2D eigenvalue weighted by Crippen LogP contribution is 2.25. The summed E-state index contributed by atoms with van der Waals surface area (Å²) in [5, 5.41) is 2.10. The van der Waals surface area contributed by atoms with Crippen molar-refractivity contribution in [2.24, 2.45) is 5.92 Å². The number of anilines is 1. The lowest BCUT2D eigenvalue weighted by Crippen LogP contribution is -2.29. The molecular weight excluding hydrogens is 264 g/mol. The Morgan fingerprint density at radius 3 is 2.76 bits per heavy atom. The SMILES string of the molecule is COCC1CCN(C(=O)c2cc3ccccc3cc2N)C1. The highest BCUT2D eigenvalue weighted by Gasteiger charge is 2.27. The van der Waals surface area contributed by atoms with Crippen LogP contribution in [-0.4, -0.2) is 37.6 Å². The fraction of sp³-hybridized carbons (Fsp3) is 0.353. The topological polar surface area (TPSA) is 55.6 Å². The molecule has 0 radical (unpaired) electrons. The van der Waals surface area contributed by atoms with Crippen LogP contribution in [0, 0.1) is 5.92 Å². The van der Waals surface area contributed by atoms with Gasteiger partial charge in [0.05, 0.1) is 12.2 Å². The molecule has 21 heavy (non-hydrogen) atoms. The minimum absolute atomic E-state index is 0.0249. The second kappa shape index (κ2) is 5.74. The van der Waals surface area contributed by atoms with Crippen LogP contribution < -0.4 is 5.73 Å². The van der Waals surface area contributed by atoms with E-state index in [0.29, 0.717) is 23.8 Å². The highest BCUT2D eigenvalue weighted by molar-refractivity contribution is 6.04. The number of likely N-dealkylation sites (tertiary alicyclic amines) is 1. The first kappa shape index (κ1) is 13.9. The molecule has 4 heteroatoms. The molecule has 1 unspecified atom stereocenters. The van der Waals surface area contributed by atoms with Crippen molar-refractivity contribution in [1.29, 1.82) is 0 Å². The summed E-state index contributed by atoms with van der Waals surface area (Å²) < 4.78 is 5.18. The number of hydrogen-bond acceptors (Lipinski definition) is 3. The number of nitrogens with two attached hydrogens (primary N) is 1. The van der Waals surface area contributed by atoms with Crippen LogP contribution in [0.3, 0.4) is 0 Å². The molecule has 1 aliphatic rings. The molecule has 1 saturated heterocycles. The van der Waals surface area contributed by atoms with Crippen LogP contribution in [0.25, 0.3) is 10.8 Å². The average molecular weight is 284 g/mol. The fourth-order valence-electron chi connectivity index (χ4n) is 3.00. The Morgan fingerprint density at radius 1 is 1.33 bits per heavy atom. The summed E-state index contributed by atoms with van der Waals surface area (Å²) >= 11 is 0. The molecule has 1 aliphatic heterocycles. The summed E-state index contributed by atoms with van der Waals surface area (Å²) in [7, 11) is 1.70.